The van der Waals surface area contributed by atoms with Crippen molar-refractivity contribution >= 4 is 27.5 Å². The maximum Gasteiger partial charge on any atom is 0.0537 e. The van der Waals surface area contributed by atoms with Gasteiger partial charge in [0.2, 0.25) is 0 Å². The molecule has 1 nitrogen and oxygen atoms in total. The van der Waals surface area contributed by atoms with E-state index in [-0.39, 0.29) is 0 Å². The first kappa shape index (κ1) is 12.2. The summed E-state index contributed by atoms with van der Waals surface area (Å²) < 4.78 is 2.40. The van der Waals surface area contributed by atoms with E-state index in [1.54, 1.807) is 0 Å². The summed E-state index contributed by atoms with van der Waals surface area (Å²) in [5, 5.41) is 2.65. The van der Waals surface area contributed by atoms with Crippen molar-refractivity contribution in [3.63, 3.8) is 0 Å². The lowest BCUT2D eigenvalue weighted by molar-refractivity contribution is 0.949. The minimum atomic E-state index is 1.06. The van der Waals surface area contributed by atoms with Gasteiger partial charge in [0.05, 0.1) is 11.0 Å². The summed E-state index contributed by atoms with van der Waals surface area (Å²) in [6.07, 6.45) is 8.50. The molecule has 1 heteroatoms. The van der Waals surface area contributed by atoms with Gasteiger partial charge < -0.3 is 4.57 Å². The van der Waals surface area contributed by atoms with Crippen molar-refractivity contribution in [1.29, 1.82) is 0 Å². The van der Waals surface area contributed by atoms with Crippen LogP contribution in [0.2, 0.25) is 0 Å². The fourth-order valence-electron chi connectivity index (χ4n) is 3.23. The number of para-hydroxylation sites is 2. The van der Waals surface area contributed by atoms with Crippen LogP contribution in [0.1, 0.15) is 12.8 Å². The zero-order valence-electron chi connectivity index (χ0n) is 11.9. The van der Waals surface area contributed by atoms with Gasteiger partial charge in [0.15, 0.2) is 0 Å². The minimum absolute atomic E-state index is 1.06. The molecule has 3 aromatic rings. The predicted molar refractivity (Wildman–Crippen MR) is 91.2 cm³/mol. The van der Waals surface area contributed by atoms with E-state index in [4.69, 9.17) is 0 Å². The molecule has 0 spiro atoms. The number of hydrogen-bond acceptors (Lipinski definition) is 0. The summed E-state index contributed by atoms with van der Waals surface area (Å²) in [6, 6.07) is 17.3. The highest BCUT2D eigenvalue weighted by molar-refractivity contribution is 6.10. The van der Waals surface area contributed by atoms with Crippen LogP contribution in [0.25, 0.3) is 27.5 Å². The first-order chi connectivity index (χ1) is 10.4. The highest BCUT2D eigenvalue weighted by Gasteiger charge is 2.14. The summed E-state index contributed by atoms with van der Waals surface area (Å²) in [5.74, 6) is 0. The molecule has 0 saturated carbocycles. The Balaban J connectivity index is 2.05. The van der Waals surface area contributed by atoms with Crippen LogP contribution < -0.4 is 0 Å². The van der Waals surface area contributed by atoms with Crippen LogP contribution in [0.15, 0.2) is 78.9 Å². The molecule has 0 radical (unpaired) electrons. The van der Waals surface area contributed by atoms with Crippen LogP contribution in [-0.4, -0.2) is 4.57 Å². The zero-order valence-corrected chi connectivity index (χ0v) is 11.9. The van der Waals surface area contributed by atoms with Crippen LogP contribution in [0, 0.1) is 0 Å². The minimum Gasteiger partial charge on any atom is -0.313 e. The van der Waals surface area contributed by atoms with Crippen molar-refractivity contribution in [3.05, 3.63) is 78.9 Å². The lowest BCUT2D eigenvalue weighted by Gasteiger charge is -2.16. The Kier molecular flexibility index (Phi) is 2.78. The van der Waals surface area contributed by atoms with Crippen LogP contribution in [0.4, 0.5) is 0 Å². The van der Waals surface area contributed by atoms with E-state index in [0.717, 1.165) is 12.8 Å². The van der Waals surface area contributed by atoms with E-state index in [1.165, 1.54) is 33.1 Å². The molecule has 2 aromatic carbocycles. The highest BCUT2D eigenvalue weighted by atomic mass is 15.0. The number of hydrogen-bond donors (Lipinski definition) is 0. The SMILES string of the molecule is C=CC1=CC=C(n2c3ccccc3c3ccccc32)CC1. The molecule has 0 amide bonds. The second-order valence-electron chi connectivity index (χ2n) is 5.47. The van der Waals surface area contributed by atoms with Crippen molar-refractivity contribution in [2.45, 2.75) is 12.8 Å². The summed E-state index contributed by atoms with van der Waals surface area (Å²) in [5.41, 5.74) is 5.26. The number of fused-ring (bicyclic) bond motifs is 3. The number of allylic oxidation sites excluding steroid dienone is 5. The van der Waals surface area contributed by atoms with Gasteiger partial charge >= 0.3 is 0 Å². The average molecular weight is 271 g/mol. The molecule has 0 saturated heterocycles. The fourth-order valence-corrected chi connectivity index (χ4v) is 3.23. The standard InChI is InChI=1S/C20H17N/c1-2-15-11-13-16(14-12-15)21-19-9-5-3-7-17(19)18-8-4-6-10-20(18)21/h2-11,13H,1,12,14H2. The second kappa shape index (κ2) is 4.78. The Hall–Kier alpha value is -2.54. The van der Waals surface area contributed by atoms with Gasteiger partial charge in [-0.25, -0.2) is 0 Å². The Morgan fingerprint density at radius 2 is 1.43 bits per heavy atom. The van der Waals surface area contributed by atoms with Crippen LogP contribution in [0.3, 0.4) is 0 Å². The van der Waals surface area contributed by atoms with Crippen LogP contribution in [-0.2, 0) is 0 Å². The van der Waals surface area contributed by atoms with Crippen molar-refractivity contribution in [1.82, 2.24) is 4.57 Å². The third kappa shape index (κ3) is 1.85. The molecule has 0 atom stereocenters. The van der Waals surface area contributed by atoms with Crippen molar-refractivity contribution in [2.24, 2.45) is 0 Å². The van der Waals surface area contributed by atoms with Gasteiger partial charge in [0.25, 0.3) is 0 Å². The van der Waals surface area contributed by atoms with E-state index in [9.17, 15) is 0 Å². The van der Waals surface area contributed by atoms with Crippen LogP contribution >= 0.6 is 0 Å². The smallest absolute Gasteiger partial charge is 0.0537 e. The van der Waals surface area contributed by atoms with Gasteiger partial charge in [0, 0.05) is 16.5 Å². The van der Waals surface area contributed by atoms with Gasteiger partial charge in [-0.15, -0.1) is 0 Å². The highest BCUT2D eigenvalue weighted by Crippen LogP contribution is 2.34. The predicted octanol–water partition coefficient (Wildman–Crippen LogP) is 5.54. The topological polar surface area (TPSA) is 4.93 Å². The van der Waals surface area contributed by atoms with Crippen molar-refractivity contribution in [2.75, 3.05) is 0 Å². The van der Waals surface area contributed by atoms with Gasteiger partial charge in [-0.05, 0) is 36.6 Å². The van der Waals surface area contributed by atoms with Gasteiger partial charge in [-0.2, -0.15) is 0 Å². The lowest BCUT2D eigenvalue weighted by atomic mass is 10.0. The molecule has 4 rings (SSSR count). The van der Waals surface area contributed by atoms with Gasteiger partial charge in [0.1, 0.15) is 0 Å². The first-order valence-electron chi connectivity index (χ1n) is 7.39. The lowest BCUT2D eigenvalue weighted by Crippen LogP contribution is -2.00. The monoisotopic (exact) mass is 271 g/mol. The molecule has 0 bridgehead atoms. The first-order valence-corrected chi connectivity index (χ1v) is 7.39. The molecule has 1 aromatic heterocycles. The maximum atomic E-state index is 3.87. The maximum absolute atomic E-state index is 3.87. The number of rotatable bonds is 2. The Labute approximate surface area is 124 Å². The van der Waals surface area contributed by atoms with Crippen molar-refractivity contribution < 1.29 is 0 Å². The molecule has 0 aliphatic heterocycles. The van der Waals surface area contributed by atoms with E-state index in [2.05, 4.69) is 71.8 Å². The Morgan fingerprint density at radius 1 is 0.810 bits per heavy atom. The second-order valence-corrected chi connectivity index (χ2v) is 5.47. The van der Waals surface area contributed by atoms with Gasteiger partial charge in [-0.3, -0.25) is 0 Å². The molecule has 1 aliphatic rings. The summed E-state index contributed by atoms with van der Waals surface area (Å²) in [6.45, 7) is 3.87. The van der Waals surface area contributed by atoms with Gasteiger partial charge in [-0.1, -0.05) is 55.1 Å². The molecule has 0 N–H and O–H groups in total. The molecule has 21 heavy (non-hydrogen) atoms. The third-order valence-electron chi connectivity index (χ3n) is 4.29. The molecule has 1 heterocycles. The van der Waals surface area contributed by atoms with E-state index in [0.29, 0.717) is 0 Å². The average Bonchev–Trinajstić information content (AvgIpc) is 2.90. The summed E-state index contributed by atoms with van der Waals surface area (Å²) >= 11 is 0. The number of nitrogens with zero attached hydrogens (tertiary/aromatic N) is 1. The van der Waals surface area contributed by atoms with E-state index >= 15 is 0 Å². The molecular formula is C20H17N. The third-order valence-corrected chi connectivity index (χ3v) is 4.29. The number of aromatic nitrogens is 1. The molecule has 0 unspecified atom stereocenters. The van der Waals surface area contributed by atoms with E-state index in [1.807, 2.05) is 6.08 Å². The number of benzene rings is 2. The molecule has 1 aliphatic carbocycles. The largest absolute Gasteiger partial charge is 0.313 e. The molecular weight excluding hydrogens is 254 g/mol. The van der Waals surface area contributed by atoms with Crippen LogP contribution in [0.5, 0.6) is 0 Å². The van der Waals surface area contributed by atoms with E-state index < -0.39 is 0 Å². The zero-order chi connectivity index (χ0) is 14.2. The Bertz CT molecular complexity index is 853. The molecule has 0 fully saturated rings. The quantitative estimate of drug-likeness (QED) is 0.576. The fraction of sp³-hybridized carbons (Fsp3) is 0.100. The summed E-state index contributed by atoms with van der Waals surface area (Å²) in [7, 11) is 0. The van der Waals surface area contributed by atoms with Crippen molar-refractivity contribution in [3.8, 4) is 0 Å². The summed E-state index contributed by atoms with van der Waals surface area (Å²) in [4.78, 5) is 0. The molecule has 102 valence electrons. The normalized spacial score (nSPS) is 15.0. The Morgan fingerprint density at radius 3 is 1.95 bits per heavy atom.